The first-order chi connectivity index (χ1) is 10.6. The number of aromatic nitrogens is 3. The molecule has 3 N–H and O–H groups in total. The van der Waals surface area contributed by atoms with Gasteiger partial charge in [0.15, 0.2) is 0 Å². The standard InChI is InChI=1S/C16H21N5O/c1-4-13-19-15(17)21-16(20-13)18-12-7-8-22-14-10(3)9(2)5-6-11(12)14/h5-6,12H,4,7-8H2,1-3H3,(H3,17,18,19,20,21)/t12-/m1/s1. The molecular formula is C16H21N5O. The van der Waals surface area contributed by atoms with Gasteiger partial charge in [-0.25, -0.2) is 0 Å². The van der Waals surface area contributed by atoms with Crippen LogP contribution in [0.15, 0.2) is 12.1 Å². The Hall–Kier alpha value is -2.37. The van der Waals surface area contributed by atoms with Crippen LogP contribution in [-0.2, 0) is 6.42 Å². The third-order valence-corrected chi connectivity index (χ3v) is 4.05. The third kappa shape index (κ3) is 2.68. The zero-order valence-corrected chi connectivity index (χ0v) is 13.2. The number of nitrogens with two attached hydrogens (primary N) is 1. The lowest BCUT2D eigenvalue weighted by Crippen LogP contribution is -2.22. The van der Waals surface area contributed by atoms with Crippen molar-refractivity contribution in [1.29, 1.82) is 0 Å². The van der Waals surface area contributed by atoms with Crippen LogP contribution in [0, 0.1) is 13.8 Å². The molecule has 1 aromatic heterocycles. The minimum Gasteiger partial charge on any atom is -0.493 e. The highest BCUT2D eigenvalue weighted by Gasteiger charge is 2.24. The first-order valence-electron chi connectivity index (χ1n) is 7.58. The second-order valence-corrected chi connectivity index (χ2v) is 5.55. The van der Waals surface area contributed by atoms with Crippen LogP contribution in [0.3, 0.4) is 0 Å². The number of nitrogens with zero attached hydrogens (tertiary/aromatic N) is 3. The Balaban J connectivity index is 1.92. The Kier molecular flexibility index (Phi) is 3.83. The number of benzene rings is 1. The number of aryl methyl sites for hydroxylation is 2. The Morgan fingerprint density at radius 2 is 2.09 bits per heavy atom. The van der Waals surface area contributed by atoms with E-state index >= 15 is 0 Å². The lowest BCUT2D eigenvalue weighted by molar-refractivity contribution is 0.272. The van der Waals surface area contributed by atoms with Crippen LogP contribution in [0.2, 0.25) is 0 Å². The maximum atomic E-state index is 5.85. The molecule has 6 nitrogen and oxygen atoms in total. The predicted octanol–water partition coefficient (Wildman–Crippen LogP) is 2.57. The molecule has 0 spiro atoms. The van der Waals surface area contributed by atoms with E-state index in [1.165, 1.54) is 11.1 Å². The average Bonchev–Trinajstić information content (AvgIpc) is 2.51. The second kappa shape index (κ2) is 5.79. The summed E-state index contributed by atoms with van der Waals surface area (Å²) in [6.07, 6.45) is 1.59. The Morgan fingerprint density at radius 1 is 1.27 bits per heavy atom. The van der Waals surface area contributed by atoms with Crippen molar-refractivity contribution < 1.29 is 4.74 Å². The van der Waals surface area contributed by atoms with Crippen LogP contribution in [-0.4, -0.2) is 21.6 Å². The average molecular weight is 299 g/mol. The van der Waals surface area contributed by atoms with Crippen molar-refractivity contribution in [3.8, 4) is 5.75 Å². The normalized spacial score (nSPS) is 16.8. The lowest BCUT2D eigenvalue weighted by atomic mass is 9.95. The van der Waals surface area contributed by atoms with Crippen molar-refractivity contribution in [2.75, 3.05) is 17.7 Å². The molecule has 0 fully saturated rings. The number of fused-ring (bicyclic) bond motifs is 1. The summed E-state index contributed by atoms with van der Waals surface area (Å²) in [7, 11) is 0. The van der Waals surface area contributed by atoms with E-state index in [-0.39, 0.29) is 12.0 Å². The highest BCUT2D eigenvalue weighted by Crippen LogP contribution is 2.37. The second-order valence-electron chi connectivity index (χ2n) is 5.55. The molecule has 22 heavy (non-hydrogen) atoms. The molecule has 1 aliphatic heterocycles. The van der Waals surface area contributed by atoms with E-state index in [2.05, 4.69) is 46.2 Å². The SMILES string of the molecule is CCc1nc(N)nc(N[C@@H]2CCOc3c2ccc(C)c3C)n1. The van der Waals surface area contributed by atoms with Gasteiger partial charge in [0.1, 0.15) is 11.6 Å². The van der Waals surface area contributed by atoms with Gasteiger partial charge in [0.2, 0.25) is 11.9 Å². The first kappa shape index (κ1) is 14.6. The summed E-state index contributed by atoms with van der Waals surface area (Å²) >= 11 is 0. The van der Waals surface area contributed by atoms with E-state index in [0.717, 1.165) is 24.2 Å². The van der Waals surface area contributed by atoms with Crippen molar-refractivity contribution in [2.45, 2.75) is 39.7 Å². The van der Waals surface area contributed by atoms with Crippen LogP contribution < -0.4 is 15.8 Å². The van der Waals surface area contributed by atoms with Crippen molar-refractivity contribution in [1.82, 2.24) is 15.0 Å². The molecular weight excluding hydrogens is 278 g/mol. The van der Waals surface area contributed by atoms with Gasteiger partial charge < -0.3 is 15.8 Å². The number of anilines is 2. The Bertz CT molecular complexity index is 701. The van der Waals surface area contributed by atoms with Crippen LogP contribution in [0.5, 0.6) is 5.75 Å². The van der Waals surface area contributed by atoms with Crippen LogP contribution in [0.25, 0.3) is 0 Å². The zero-order chi connectivity index (χ0) is 15.7. The van der Waals surface area contributed by atoms with Gasteiger partial charge in [0.25, 0.3) is 0 Å². The van der Waals surface area contributed by atoms with E-state index in [0.29, 0.717) is 18.4 Å². The number of hydrogen-bond donors (Lipinski definition) is 2. The summed E-state index contributed by atoms with van der Waals surface area (Å²) in [4.78, 5) is 12.7. The Morgan fingerprint density at radius 3 is 2.86 bits per heavy atom. The highest BCUT2D eigenvalue weighted by atomic mass is 16.5. The number of nitrogens with one attached hydrogen (secondary N) is 1. The molecule has 0 bridgehead atoms. The number of rotatable bonds is 3. The van der Waals surface area contributed by atoms with E-state index in [1.54, 1.807) is 0 Å². The van der Waals surface area contributed by atoms with Gasteiger partial charge in [-0.05, 0) is 25.0 Å². The summed E-state index contributed by atoms with van der Waals surface area (Å²) < 4.78 is 5.85. The maximum Gasteiger partial charge on any atom is 0.228 e. The van der Waals surface area contributed by atoms with Gasteiger partial charge in [0, 0.05) is 18.4 Å². The largest absolute Gasteiger partial charge is 0.493 e. The molecule has 0 unspecified atom stereocenters. The molecule has 1 aromatic carbocycles. The Labute approximate surface area is 130 Å². The minimum atomic E-state index is 0.120. The van der Waals surface area contributed by atoms with E-state index < -0.39 is 0 Å². The molecule has 0 radical (unpaired) electrons. The quantitative estimate of drug-likeness (QED) is 0.906. The summed E-state index contributed by atoms with van der Waals surface area (Å²) in [5, 5.41) is 3.38. The fourth-order valence-corrected chi connectivity index (χ4v) is 2.68. The molecule has 3 rings (SSSR count). The van der Waals surface area contributed by atoms with Crippen LogP contribution in [0.4, 0.5) is 11.9 Å². The number of ether oxygens (including phenoxy) is 1. The summed E-state index contributed by atoms with van der Waals surface area (Å²) in [6, 6.07) is 4.35. The van der Waals surface area contributed by atoms with Crippen molar-refractivity contribution in [3.63, 3.8) is 0 Å². The highest BCUT2D eigenvalue weighted by molar-refractivity contribution is 5.50. The van der Waals surface area contributed by atoms with Crippen LogP contribution >= 0.6 is 0 Å². The number of nitrogen functional groups attached to an aromatic ring is 1. The van der Waals surface area contributed by atoms with Gasteiger partial charge in [0.05, 0.1) is 12.6 Å². The molecule has 116 valence electrons. The fraction of sp³-hybridized carbons (Fsp3) is 0.438. The van der Waals surface area contributed by atoms with E-state index in [9.17, 15) is 0 Å². The lowest BCUT2D eigenvalue weighted by Gasteiger charge is -2.28. The molecule has 2 heterocycles. The predicted molar refractivity (Wildman–Crippen MR) is 86.0 cm³/mol. The zero-order valence-electron chi connectivity index (χ0n) is 13.2. The molecule has 1 atom stereocenters. The van der Waals surface area contributed by atoms with Gasteiger partial charge in [-0.15, -0.1) is 0 Å². The first-order valence-corrected chi connectivity index (χ1v) is 7.58. The van der Waals surface area contributed by atoms with Gasteiger partial charge >= 0.3 is 0 Å². The smallest absolute Gasteiger partial charge is 0.228 e. The van der Waals surface area contributed by atoms with Gasteiger partial charge in [-0.1, -0.05) is 19.1 Å². The molecule has 0 saturated heterocycles. The topological polar surface area (TPSA) is 86.0 Å². The maximum absolute atomic E-state index is 5.85. The molecule has 0 saturated carbocycles. The summed E-state index contributed by atoms with van der Waals surface area (Å²) in [6.45, 7) is 6.85. The molecule has 2 aromatic rings. The van der Waals surface area contributed by atoms with E-state index in [4.69, 9.17) is 10.5 Å². The van der Waals surface area contributed by atoms with E-state index in [1.807, 2.05) is 6.92 Å². The third-order valence-electron chi connectivity index (χ3n) is 4.05. The fourth-order valence-electron chi connectivity index (χ4n) is 2.68. The van der Waals surface area contributed by atoms with Crippen LogP contribution in [0.1, 0.15) is 41.9 Å². The van der Waals surface area contributed by atoms with Gasteiger partial charge in [-0.3, -0.25) is 0 Å². The molecule has 0 aliphatic carbocycles. The molecule has 0 amide bonds. The number of hydrogen-bond acceptors (Lipinski definition) is 6. The summed E-state index contributed by atoms with van der Waals surface area (Å²) in [5.74, 6) is 2.45. The molecule has 6 heteroatoms. The van der Waals surface area contributed by atoms with Crippen molar-refractivity contribution in [2.24, 2.45) is 0 Å². The molecule has 1 aliphatic rings. The van der Waals surface area contributed by atoms with Crippen molar-refractivity contribution >= 4 is 11.9 Å². The minimum absolute atomic E-state index is 0.120. The monoisotopic (exact) mass is 299 g/mol. The summed E-state index contributed by atoms with van der Waals surface area (Å²) in [5.41, 5.74) is 9.32. The van der Waals surface area contributed by atoms with Gasteiger partial charge in [-0.2, -0.15) is 15.0 Å². The van der Waals surface area contributed by atoms with Crippen molar-refractivity contribution in [3.05, 3.63) is 34.6 Å².